The van der Waals surface area contributed by atoms with Gasteiger partial charge in [-0.3, -0.25) is 4.79 Å². The molecule has 2 atom stereocenters. The molecule has 0 aromatic heterocycles. The molecule has 9 heteroatoms. The fourth-order valence-electron chi connectivity index (χ4n) is 3.28. The second-order valence-corrected chi connectivity index (χ2v) is 8.77. The zero-order chi connectivity index (χ0) is 26.3. The van der Waals surface area contributed by atoms with Gasteiger partial charge in [-0.25, -0.2) is 0 Å². The number of nitrogens with zero attached hydrogens (tertiary/aromatic N) is 1. The second-order valence-electron chi connectivity index (χ2n) is 8.36. The summed E-state index contributed by atoms with van der Waals surface area (Å²) >= 11 is 6.04. The highest BCUT2D eigenvalue weighted by Crippen LogP contribution is 2.34. The van der Waals surface area contributed by atoms with Crippen molar-refractivity contribution in [1.29, 1.82) is 5.26 Å². The zero-order valence-electron chi connectivity index (χ0n) is 19.6. The largest absolute Gasteiger partial charge is 0.462 e. The third-order valence-corrected chi connectivity index (χ3v) is 5.72. The van der Waals surface area contributed by atoms with E-state index in [0.717, 1.165) is 12.1 Å². The Balaban J connectivity index is 1.63. The molecule has 3 aromatic carbocycles. The van der Waals surface area contributed by atoms with E-state index >= 15 is 0 Å². The van der Waals surface area contributed by atoms with E-state index < -0.39 is 29.7 Å². The van der Waals surface area contributed by atoms with Gasteiger partial charge < -0.3 is 14.8 Å². The van der Waals surface area contributed by atoms with Crippen LogP contribution in [0.25, 0.3) is 0 Å². The van der Waals surface area contributed by atoms with Crippen LogP contribution in [0.3, 0.4) is 0 Å². The Hall–Kier alpha value is -3.70. The van der Waals surface area contributed by atoms with Crippen molar-refractivity contribution in [2.24, 2.45) is 5.92 Å². The summed E-state index contributed by atoms with van der Waals surface area (Å²) in [4.78, 5) is 12.7. The molecule has 0 bridgehead atoms. The molecule has 0 spiro atoms. The van der Waals surface area contributed by atoms with E-state index in [2.05, 4.69) is 5.32 Å². The molecule has 188 valence electrons. The third-order valence-electron chi connectivity index (χ3n) is 5.40. The molecule has 0 radical (unpaired) electrons. The summed E-state index contributed by atoms with van der Waals surface area (Å²) in [7, 11) is 0. The number of benzene rings is 3. The summed E-state index contributed by atoms with van der Waals surface area (Å²) < 4.78 is 49.8. The van der Waals surface area contributed by atoms with Crippen molar-refractivity contribution in [2.75, 3.05) is 11.9 Å². The maximum Gasteiger partial charge on any atom is 0.416 e. The maximum absolute atomic E-state index is 12.9. The van der Waals surface area contributed by atoms with Crippen molar-refractivity contribution < 1.29 is 27.4 Å². The molecule has 1 N–H and O–H groups in total. The highest BCUT2D eigenvalue weighted by Gasteiger charge is 2.31. The molecule has 0 aliphatic carbocycles. The van der Waals surface area contributed by atoms with Crippen LogP contribution >= 0.6 is 11.6 Å². The van der Waals surface area contributed by atoms with E-state index in [9.17, 15) is 23.2 Å². The summed E-state index contributed by atoms with van der Waals surface area (Å²) in [6.07, 6.45) is -4.51. The lowest BCUT2D eigenvalue weighted by atomic mass is 10.0. The van der Waals surface area contributed by atoms with Gasteiger partial charge in [0, 0.05) is 0 Å². The Morgan fingerprint density at radius 2 is 1.67 bits per heavy atom. The number of ether oxygens (including phenoxy) is 2. The number of nitriles is 1. The van der Waals surface area contributed by atoms with Gasteiger partial charge in [-0.15, -0.1) is 0 Å². The van der Waals surface area contributed by atoms with Crippen LogP contribution in [0, 0.1) is 17.2 Å². The SMILES string of the molecule is CC(C)C(COC(=O)C(C#N)c1ccc(Oc2ccccc2)cc1)Nc1ccc(C(F)(F)F)cc1Cl. The molecule has 0 saturated carbocycles. The average Bonchev–Trinajstić information content (AvgIpc) is 2.84. The lowest BCUT2D eigenvalue weighted by molar-refractivity contribution is -0.144. The fraction of sp³-hybridized carbons (Fsp3) is 0.259. The Bertz CT molecular complexity index is 1210. The lowest BCUT2D eigenvalue weighted by Crippen LogP contribution is -2.33. The van der Waals surface area contributed by atoms with Crippen LogP contribution in [-0.2, 0) is 15.7 Å². The molecular weight excluding hydrogens is 493 g/mol. The second kappa shape index (κ2) is 11.8. The van der Waals surface area contributed by atoms with Gasteiger partial charge in [-0.2, -0.15) is 18.4 Å². The molecule has 3 rings (SSSR count). The summed E-state index contributed by atoms with van der Waals surface area (Å²) in [5.74, 6) is -0.751. The van der Waals surface area contributed by atoms with Gasteiger partial charge >= 0.3 is 12.1 Å². The van der Waals surface area contributed by atoms with Gasteiger partial charge in [0.05, 0.1) is 28.4 Å². The van der Waals surface area contributed by atoms with E-state index in [1.807, 2.05) is 38.1 Å². The standard InChI is InChI=1S/C27H24ClF3N2O3/c1-17(2)25(33-24-13-10-19(14-23(24)28)27(29,30)31)16-35-26(34)22(15-32)18-8-11-21(12-9-18)36-20-6-4-3-5-7-20/h3-14,17,22,25,33H,16H2,1-2H3. The number of halogens is 4. The fourth-order valence-corrected chi connectivity index (χ4v) is 3.52. The summed E-state index contributed by atoms with van der Waals surface area (Å²) in [6.45, 7) is 3.61. The van der Waals surface area contributed by atoms with E-state index in [1.54, 1.807) is 36.4 Å². The minimum atomic E-state index is -4.51. The molecule has 0 saturated heterocycles. The van der Waals surface area contributed by atoms with E-state index in [1.165, 1.54) is 6.07 Å². The summed E-state index contributed by atoms with van der Waals surface area (Å²) in [5.41, 5.74) is -0.129. The maximum atomic E-state index is 12.9. The topological polar surface area (TPSA) is 71.4 Å². The van der Waals surface area contributed by atoms with Crippen molar-refractivity contribution in [2.45, 2.75) is 32.0 Å². The van der Waals surface area contributed by atoms with Crippen LogP contribution < -0.4 is 10.1 Å². The van der Waals surface area contributed by atoms with Crippen LogP contribution in [0.15, 0.2) is 72.8 Å². The number of anilines is 1. The van der Waals surface area contributed by atoms with E-state index in [4.69, 9.17) is 21.1 Å². The van der Waals surface area contributed by atoms with Crippen LogP contribution in [-0.4, -0.2) is 18.6 Å². The lowest BCUT2D eigenvalue weighted by Gasteiger charge is -2.24. The van der Waals surface area contributed by atoms with Gasteiger partial charge in [0.1, 0.15) is 18.1 Å². The van der Waals surface area contributed by atoms with Crippen LogP contribution in [0.2, 0.25) is 5.02 Å². The van der Waals surface area contributed by atoms with Crippen molar-refractivity contribution >= 4 is 23.3 Å². The Labute approximate surface area is 212 Å². The van der Waals surface area contributed by atoms with Crippen molar-refractivity contribution in [3.05, 3.63) is 88.9 Å². The minimum absolute atomic E-state index is 0.0638. The van der Waals surface area contributed by atoms with Crippen molar-refractivity contribution in [3.63, 3.8) is 0 Å². The van der Waals surface area contributed by atoms with Gasteiger partial charge in [-0.1, -0.05) is 55.8 Å². The molecule has 0 heterocycles. The van der Waals surface area contributed by atoms with Crippen LogP contribution in [0.5, 0.6) is 11.5 Å². The average molecular weight is 517 g/mol. The Morgan fingerprint density at radius 3 is 2.22 bits per heavy atom. The Morgan fingerprint density at radius 1 is 1.03 bits per heavy atom. The van der Waals surface area contributed by atoms with Crippen LogP contribution in [0.4, 0.5) is 18.9 Å². The molecular formula is C27H24ClF3N2O3. The highest BCUT2D eigenvalue weighted by molar-refractivity contribution is 6.33. The molecule has 0 amide bonds. The van der Waals surface area contributed by atoms with E-state index in [0.29, 0.717) is 17.1 Å². The highest BCUT2D eigenvalue weighted by atomic mass is 35.5. The number of alkyl halides is 3. The number of para-hydroxylation sites is 1. The molecule has 0 aliphatic heterocycles. The summed E-state index contributed by atoms with van der Waals surface area (Å²) in [5, 5.41) is 12.5. The number of nitrogens with one attached hydrogen (secondary N) is 1. The molecule has 2 unspecified atom stereocenters. The molecule has 5 nitrogen and oxygen atoms in total. The van der Waals surface area contributed by atoms with Gasteiger partial charge in [0.15, 0.2) is 5.92 Å². The number of hydrogen-bond donors (Lipinski definition) is 1. The third kappa shape index (κ3) is 7.15. The predicted octanol–water partition coefficient (Wildman–Crippen LogP) is 7.44. The zero-order valence-corrected chi connectivity index (χ0v) is 20.3. The predicted molar refractivity (Wildman–Crippen MR) is 131 cm³/mol. The molecule has 0 fully saturated rings. The van der Waals surface area contributed by atoms with Gasteiger partial charge in [0.25, 0.3) is 0 Å². The van der Waals surface area contributed by atoms with E-state index in [-0.39, 0.29) is 23.2 Å². The van der Waals surface area contributed by atoms with Crippen LogP contribution in [0.1, 0.15) is 30.9 Å². The number of carbonyl (C=O) groups is 1. The van der Waals surface area contributed by atoms with Crippen molar-refractivity contribution in [3.8, 4) is 17.6 Å². The normalized spacial score (nSPS) is 12.9. The first kappa shape index (κ1) is 26.9. The van der Waals surface area contributed by atoms with Gasteiger partial charge in [-0.05, 0) is 53.9 Å². The Kier molecular flexibility index (Phi) is 8.83. The smallest absolute Gasteiger partial charge is 0.416 e. The number of hydrogen-bond acceptors (Lipinski definition) is 5. The quantitative estimate of drug-likeness (QED) is 0.299. The number of rotatable bonds is 9. The molecule has 36 heavy (non-hydrogen) atoms. The summed E-state index contributed by atoms with van der Waals surface area (Å²) in [6, 6.07) is 20.2. The molecule has 0 aliphatic rings. The number of carbonyl (C=O) groups excluding carboxylic acids is 1. The first-order chi connectivity index (χ1) is 17.1. The first-order valence-corrected chi connectivity index (χ1v) is 11.5. The first-order valence-electron chi connectivity index (χ1n) is 11.1. The molecule has 3 aromatic rings. The number of esters is 1. The monoisotopic (exact) mass is 516 g/mol. The minimum Gasteiger partial charge on any atom is -0.462 e. The van der Waals surface area contributed by atoms with Crippen molar-refractivity contribution in [1.82, 2.24) is 0 Å². The van der Waals surface area contributed by atoms with Gasteiger partial charge in [0.2, 0.25) is 0 Å².